The first-order chi connectivity index (χ1) is 10.6. The molecule has 0 aliphatic rings. The van der Waals surface area contributed by atoms with E-state index >= 15 is 0 Å². The average Bonchev–Trinajstić information content (AvgIpc) is 3.07. The molecule has 0 saturated heterocycles. The number of nitrogens with one attached hydrogen (secondary N) is 1. The van der Waals surface area contributed by atoms with Gasteiger partial charge >= 0.3 is 0 Å². The minimum Gasteiger partial charge on any atom is -0.497 e. The normalized spacial score (nSPS) is 10.6. The SMILES string of the molecule is C=C(C)C(=O)Nc1nc2scc(-c3ccc(OC)cc3)n2n1. The maximum atomic E-state index is 11.6. The van der Waals surface area contributed by atoms with Gasteiger partial charge in [0.05, 0.1) is 12.8 Å². The van der Waals surface area contributed by atoms with Gasteiger partial charge in [0.25, 0.3) is 11.9 Å². The van der Waals surface area contributed by atoms with E-state index in [-0.39, 0.29) is 11.9 Å². The summed E-state index contributed by atoms with van der Waals surface area (Å²) in [6.07, 6.45) is 0. The lowest BCUT2D eigenvalue weighted by atomic mass is 10.2. The molecule has 0 fully saturated rings. The van der Waals surface area contributed by atoms with Crippen LogP contribution in [-0.4, -0.2) is 27.6 Å². The third-order valence-electron chi connectivity index (χ3n) is 3.08. The van der Waals surface area contributed by atoms with Crippen LogP contribution in [0.1, 0.15) is 6.92 Å². The molecule has 3 rings (SSSR count). The highest BCUT2D eigenvalue weighted by Crippen LogP contribution is 2.27. The van der Waals surface area contributed by atoms with Crippen LogP contribution in [0.15, 0.2) is 41.8 Å². The first-order valence-corrected chi connectivity index (χ1v) is 7.42. The minimum atomic E-state index is -0.288. The maximum absolute atomic E-state index is 11.6. The molecule has 0 saturated carbocycles. The maximum Gasteiger partial charge on any atom is 0.253 e. The Bertz CT molecular complexity index is 848. The second kappa shape index (κ2) is 5.61. The van der Waals surface area contributed by atoms with E-state index in [9.17, 15) is 4.79 Å². The molecule has 1 aromatic carbocycles. The zero-order valence-corrected chi connectivity index (χ0v) is 13.0. The van der Waals surface area contributed by atoms with Gasteiger partial charge in [-0.25, -0.2) is 4.52 Å². The Labute approximate surface area is 131 Å². The number of hydrogen-bond acceptors (Lipinski definition) is 5. The van der Waals surface area contributed by atoms with Crippen LogP contribution in [0.2, 0.25) is 0 Å². The number of fused-ring (bicyclic) bond motifs is 1. The van der Waals surface area contributed by atoms with Crippen molar-refractivity contribution in [2.75, 3.05) is 12.4 Å². The summed E-state index contributed by atoms with van der Waals surface area (Å²) < 4.78 is 6.87. The van der Waals surface area contributed by atoms with E-state index in [0.29, 0.717) is 10.5 Å². The highest BCUT2D eigenvalue weighted by molar-refractivity contribution is 7.15. The molecule has 22 heavy (non-hydrogen) atoms. The largest absolute Gasteiger partial charge is 0.497 e. The lowest BCUT2D eigenvalue weighted by Crippen LogP contribution is -2.13. The van der Waals surface area contributed by atoms with Crippen molar-refractivity contribution in [3.05, 3.63) is 41.8 Å². The van der Waals surface area contributed by atoms with Gasteiger partial charge in [-0.05, 0) is 31.2 Å². The first-order valence-electron chi connectivity index (χ1n) is 6.54. The highest BCUT2D eigenvalue weighted by atomic mass is 32.1. The summed E-state index contributed by atoms with van der Waals surface area (Å²) in [7, 11) is 1.63. The lowest BCUT2D eigenvalue weighted by Gasteiger charge is -2.02. The van der Waals surface area contributed by atoms with E-state index in [4.69, 9.17) is 4.74 Å². The van der Waals surface area contributed by atoms with Crippen LogP contribution in [-0.2, 0) is 4.79 Å². The Morgan fingerprint density at radius 1 is 1.36 bits per heavy atom. The predicted octanol–water partition coefficient (Wildman–Crippen LogP) is 2.98. The van der Waals surface area contributed by atoms with Gasteiger partial charge in [0.2, 0.25) is 4.96 Å². The number of carbonyl (C=O) groups is 1. The van der Waals surface area contributed by atoms with Crippen LogP contribution in [0.5, 0.6) is 5.75 Å². The topological polar surface area (TPSA) is 68.5 Å². The van der Waals surface area contributed by atoms with Crippen molar-refractivity contribution >= 4 is 28.2 Å². The molecule has 3 aromatic rings. The molecular weight excluding hydrogens is 300 g/mol. The molecule has 0 radical (unpaired) electrons. The van der Waals surface area contributed by atoms with Crippen molar-refractivity contribution in [2.45, 2.75) is 6.92 Å². The van der Waals surface area contributed by atoms with Gasteiger partial charge in [0.15, 0.2) is 0 Å². The Balaban J connectivity index is 1.95. The molecule has 2 aromatic heterocycles. The van der Waals surface area contributed by atoms with Crippen molar-refractivity contribution in [3.63, 3.8) is 0 Å². The molecule has 0 spiro atoms. The summed E-state index contributed by atoms with van der Waals surface area (Å²) in [6.45, 7) is 5.23. The number of methoxy groups -OCH3 is 1. The van der Waals surface area contributed by atoms with Gasteiger partial charge < -0.3 is 4.74 Å². The van der Waals surface area contributed by atoms with Crippen molar-refractivity contribution in [1.82, 2.24) is 14.6 Å². The fraction of sp³-hybridized carbons (Fsp3) is 0.133. The smallest absolute Gasteiger partial charge is 0.253 e. The van der Waals surface area contributed by atoms with Gasteiger partial charge in [-0.2, -0.15) is 4.98 Å². The number of thiazole rings is 1. The molecule has 0 aliphatic heterocycles. The number of hydrogen-bond donors (Lipinski definition) is 1. The molecule has 2 heterocycles. The van der Waals surface area contributed by atoms with Gasteiger partial charge in [0.1, 0.15) is 5.75 Å². The summed E-state index contributed by atoms with van der Waals surface area (Å²) in [4.78, 5) is 16.6. The zero-order chi connectivity index (χ0) is 15.7. The van der Waals surface area contributed by atoms with Crippen molar-refractivity contribution in [1.29, 1.82) is 0 Å². The molecule has 1 amide bonds. The molecule has 0 unspecified atom stereocenters. The third kappa shape index (κ3) is 2.58. The monoisotopic (exact) mass is 314 g/mol. The summed E-state index contributed by atoms with van der Waals surface area (Å²) >= 11 is 1.46. The number of benzene rings is 1. The van der Waals surface area contributed by atoms with Crippen molar-refractivity contribution < 1.29 is 9.53 Å². The number of carbonyl (C=O) groups excluding carboxylic acids is 1. The number of rotatable bonds is 4. The van der Waals surface area contributed by atoms with E-state index in [1.807, 2.05) is 29.6 Å². The summed E-state index contributed by atoms with van der Waals surface area (Å²) in [5.74, 6) is 0.780. The average molecular weight is 314 g/mol. The van der Waals surface area contributed by atoms with Crippen LogP contribution in [0.25, 0.3) is 16.2 Å². The molecule has 6 nitrogen and oxygen atoms in total. The number of ether oxygens (including phenoxy) is 1. The Hall–Kier alpha value is -2.67. The lowest BCUT2D eigenvalue weighted by molar-refractivity contribution is -0.112. The van der Waals surface area contributed by atoms with Crippen LogP contribution < -0.4 is 10.1 Å². The van der Waals surface area contributed by atoms with Gasteiger partial charge in [0, 0.05) is 16.5 Å². The summed E-state index contributed by atoms with van der Waals surface area (Å²) in [5, 5.41) is 8.92. The summed E-state index contributed by atoms with van der Waals surface area (Å²) in [5.41, 5.74) is 2.31. The molecular formula is C15H14N4O2S. The van der Waals surface area contributed by atoms with E-state index in [2.05, 4.69) is 22.0 Å². The molecule has 7 heteroatoms. The fourth-order valence-electron chi connectivity index (χ4n) is 1.90. The second-order valence-corrected chi connectivity index (χ2v) is 5.55. The third-order valence-corrected chi connectivity index (χ3v) is 3.90. The molecule has 0 aliphatic carbocycles. The molecule has 112 valence electrons. The predicted molar refractivity (Wildman–Crippen MR) is 86.3 cm³/mol. The van der Waals surface area contributed by atoms with Crippen LogP contribution in [0.4, 0.5) is 5.95 Å². The van der Waals surface area contributed by atoms with E-state index < -0.39 is 0 Å². The molecule has 0 bridgehead atoms. The summed E-state index contributed by atoms with van der Waals surface area (Å²) in [6, 6.07) is 7.68. The number of aromatic nitrogens is 3. The zero-order valence-electron chi connectivity index (χ0n) is 12.2. The first kappa shape index (κ1) is 14.3. The molecule has 1 N–H and O–H groups in total. The van der Waals surface area contributed by atoms with E-state index in [1.54, 1.807) is 18.5 Å². The number of nitrogens with zero attached hydrogens (tertiary/aromatic N) is 3. The quantitative estimate of drug-likeness (QED) is 0.752. The second-order valence-electron chi connectivity index (χ2n) is 4.71. The Kier molecular flexibility index (Phi) is 3.64. The van der Waals surface area contributed by atoms with Crippen LogP contribution in [0, 0.1) is 0 Å². The fourth-order valence-corrected chi connectivity index (χ4v) is 2.73. The minimum absolute atomic E-state index is 0.273. The van der Waals surface area contributed by atoms with E-state index in [0.717, 1.165) is 17.0 Å². The Morgan fingerprint density at radius 2 is 2.09 bits per heavy atom. The number of amides is 1. The number of anilines is 1. The van der Waals surface area contributed by atoms with Crippen molar-refractivity contribution in [3.8, 4) is 17.0 Å². The van der Waals surface area contributed by atoms with Crippen LogP contribution >= 0.6 is 11.3 Å². The highest BCUT2D eigenvalue weighted by Gasteiger charge is 2.13. The standard InChI is InChI=1S/C15H14N4O2S/c1-9(2)13(20)16-14-17-15-19(18-14)12(8-22-15)10-4-6-11(21-3)7-5-10/h4-8H,1H2,2-3H3,(H,16,18,20). The molecule has 0 atom stereocenters. The van der Waals surface area contributed by atoms with Gasteiger partial charge in [-0.15, -0.1) is 16.4 Å². The van der Waals surface area contributed by atoms with Gasteiger partial charge in [-0.1, -0.05) is 6.58 Å². The van der Waals surface area contributed by atoms with Crippen molar-refractivity contribution in [2.24, 2.45) is 0 Å². The Morgan fingerprint density at radius 3 is 2.73 bits per heavy atom. The van der Waals surface area contributed by atoms with Gasteiger partial charge in [-0.3, -0.25) is 10.1 Å². The van der Waals surface area contributed by atoms with Crippen LogP contribution in [0.3, 0.4) is 0 Å². The van der Waals surface area contributed by atoms with E-state index in [1.165, 1.54) is 11.3 Å².